The Labute approximate surface area is 301 Å². The van der Waals surface area contributed by atoms with Crippen molar-refractivity contribution < 1.29 is 29.6 Å². The van der Waals surface area contributed by atoms with Gasteiger partial charge in [0, 0.05) is 50.2 Å². The van der Waals surface area contributed by atoms with Crippen molar-refractivity contribution in [1.29, 1.82) is 0 Å². The molecule has 5 atom stereocenters. The van der Waals surface area contributed by atoms with Crippen LogP contribution in [0.1, 0.15) is 124 Å². The maximum absolute atomic E-state index is 14.4. The van der Waals surface area contributed by atoms with E-state index in [1.54, 1.807) is 7.11 Å². The Bertz CT molecular complexity index is 1390. The minimum Gasteiger partial charge on any atom is -0.393 e. The first-order valence-electron chi connectivity index (χ1n) is 19.4. The smallest absolute Gasteiger partial charge is 0.166 e. The van der Waals surface area contributed by atoms with Crippen molar-refractivity contribution in [3.8, 4) is 0 Å². The monoisotopic (exact) mass is 689 g/mol. The molecule has 2 saturated carbocycles. The summed E-state index contributed by atoms with van der Waals surface area (Å²) in [5.74, 6) is 0.294. The Morgan fingerprint density at radius 3 is 2.58 bits per heavy atom. The topological polar surface area (TPSA) is 99.5 Å². The first-order valence-corrected chi connectivity index (χ1v) is 19.4. The zero-order chi connectivity index (χ0) is 35.6. The summed E-state index contributed by atoms with van der Waals surface area (Å²) in [6.45, 7) is 7.16. The lowest BCUT2D eigenvalue weighted by molar-refractivity contribution is -0.0913. The van der Waals surface area contributed by atoms with Crippen LogP contribution in [0.2, 0.25) is 0 Å². The second-order valence-corrected chi connectivity index (χ2v) is 15.9. The van der Waals surface area contributed by atoms with Crippen LogP contribution in [0.25, 0.3) is 0 Å². The number of aliphatic hydroxyl groups is 3. The number of allylic oxidation sites excluding steroid dienone is 2. The lowest BCUT2D eigenvalue weighted by atomic mass is 9.64. The molecule has 6 rings (SSSR count). The average molecular weight is 690 g/mol. The predicted molar refractivity (Wildman–Crippen MR) is 199 cm³/mol. The molecule has 3 N–H and O–H groups in total. The third-order valence-electron chi connectivity index (χ3n) is 12.1. The molecule has 0 heterocycles. The predicted octanol–water partition coefficient (Wildman–Crippen LogP) is 7.40. The highest BCUT2D eigenvalue weighted by atomic mass is 16.5. The summed E-state index contributed by atoms with van der Waals surface area (Å²) in [5.41, 5.74) is 3.69. The number of benzene rings is 2. The normalized spacial score (nSPS) is 27.1. The standard InChI is InChI=1S/C43H63NO6/c1-32-12-10-22-42(2)40(38-20-18-34(26-36(45)19-17-32)27-39(38)41(47)35-15-8-5-9-16-35)21-23-43(42,48)31-44(24-11-25-49-3)28-37(46)30-50-29-33-13-6-4-7-14-33/h4,6-7,12-14,18,20,27,35-37,40,45-46,48H,5,8-11,15-17,19,21-26,28-31H2,1-3H3/t36-,37+,40-,42-,43+/m0/s1. The van der Waals surface area contributed by atoms with E-state index >= 15 is 0 Å². The molecule has 50 heavy (non-hydrogen) atoms. The average Bonchev–Trinajstić information content (AvgIpc) is 3.36. The summed E-state index contributed by atoms with van der Waals surface area (Å²) < 4.78 is 11.3. The van der Waals surface area contributed by atoms with Crippen LogP contribution in [0.4, 0.5) is 0 Å². The van der Waals surface area contributed by atoms with Gasteiger partial charge in [-0.25, -0.2) is 0 Å². The first kappa shape index (κ1) is 38.8. The van der Waals surface area contributed by atoms with Crippen molar-refractivity contribution in [2.45, 2.75) is 128 Å². The van der Waals surface area contributed by atoms with Crippen LogP contribution in [0.5, 0.6) is 0 Å². The Balaban J connectivity index is 1.43. The van der Waals surface area contributed by atoms with Crippen molar-refractivity contribution in [3.05, 3.63) is 82.4 Å². The lowest BCUT2D eigenvalue weighted by Gasteiger charge is -2.46. The summed E-state index contributed by atoms with van der Waals surface area (Å²) in [7, 11) is 1.70. The van der Waals surface area contributed by atoms with E-state index in [0.29, 0.717) is 52.1 Å². The number of hydrogen-bond donors (Lipinski definition) is 3. The fourth-order valence-electron chi connectivity index (χ4n) is 9.07. The summed E-state index contributed by atoms with van der Waals surface area (Å²) >= 11 is 0. The number of hydrogen-bond acceptors (Lipinski definition) is 7. The second kappa shape index (κ2) is 18.4. The van der Waals surface area contributed by atoms with Crippen molar-refractivity contribution in [2.75, 3.05) is 40.0 Å². The molecule has 0 radical (unpaired) electrons. The molecular weight excluding hydrogens is 626 g/mol. The van der Waals surface area contributed by atoms with Crippen LogP contribution >= 0.6 is 0 Å². The number of nitrogens with zero attached hydrogens (tertiary/aromatic N) is 1. The number of Topliss-reactive ketones (excluding diaryl/α,β-unsaturated/α-hetero) is 1. The first-order chi connectivity index (χ1) is 24.1. The van der Waals surface area contributed by atoms with Crippen LogP contribution < -0.4 is 0 Å². The number of aliphatic hydroxyl groups excluding tert-OH is 2. The van der Waals surface area contributed by atoms with Crippen LogP contribution in [0.3, 0.4) is 0 Å². The Kier molecular flexibility index (Phi) is 14.3. The van der Waals surface area contributed by atoms with E-state index in [-0.39, 0.29) is 24.2 Å². The van der Waals surface area contributed by atoms with Gasteiger partial charge in [-0.2, -0.15) is 0 Å². The van der Waals surface area contributed by atoms with Crippen LogP contribution in [0.15, 0.2) is 60.2 Å². The van der Waals surface area contributed by atoms with Gasteiger partial charge in [0.1, 0.15) is 0 Å². The van der Waals surface area contributed by atoms with Gasteiger partial charge in [-0.15, -0.1) is 0 Å². The Morgan fingerprint density at radius 1 is 1.04 bits per heavy atom. The Morgan fingerprint density at radius 2 is 1.82 bits per heavy atom. The summed E-state index contributed by atoms with van der Waals surface area (Å²) in [6.07, 6.45) is 12.3. The highest BCUT2D eigenvalue weighted by molar-refractivity contribution is 5.99. The number of methoxy groups -OCH3 is 1. The van der Waals surface area contributed by atoms with E-state index < -0.39 is 23.2 Å². The van der Waals surface area contributed by atoms with E-state index in [9.17, 15) is 20.1 Å². The molecule has 2 aromatic rings. The molecule has 4 aliphatic carbocycles. The van der Waals surface area contributed by atoms with Gasteiger partial charge in [-0.3, -0.25) is 9.69 Å². The van der Waals surface area contributed by atoms with Gasteiger partial charge >= 0.3 is 0 Å². The third kappa shape index (κ3) is 9.93. The number of ether oxygens (including phenoxy) is 2. The van der Waals surface area contributed by atoms with Gasteiger partial charge in [0.05, 0.1) is 31.0 Å². The summed E-state index contributed by atoms with van der Waals surface area (Å²) in [6, 6.07) is 16.3. The van der Waals surface area contributed by atoms with Crippen LogP contribution in [0, 0.1) is 11.3 Å². The van der Waals surface area contributed by atoms with Crippen molar-refractivity contribution in [3.63, 3.8) is 0 Å². The minimum atomic E-state index is -1.03. The molecule has 0 amide bonds. The van der Waals surface area contributed by atoms with E-state index in [1.165, 1.54) is 12.0 Å². The van der Waals surface area contributed by atoms with E-state index in [0.717, 1.165) is 80.0 Å². The zero-order valence-electron chi connectivity index (χ0n) is 31.0. The number of ketones is 1. The summed E-state index contributed by atoms with van der Waals surface area (Å²) in [5, 5.41) is 35.0. The van der Waals surface area contributed by atoms with Crippen LogP contribution in [-0.2, 0) is 22.5 Å². The molecule has 7 heteroatoms. The molecule has 2 bridgehead atoms. The van der Waals surface area contributed by atoms with Gasteiger partial charge in [0.2, 0.25) is 0 Å². The minimum absolute atomic E-state index is 0.00520. The number of fused-ring (bicyclic) bond motifs is 8. The maximum atomic E-state index is 14.4. The number of carbonyl (C=O) groups excluding carboxylic acids is 1. The molecule has 2 fully saturated rings. The fourth-order valence-corrected chi connectivity index (χ4v) is 9.07. The zero-order valence-corrected chi connectivity index (χ0v) is 31.0. The molecule has 0 saturated heterocycles. The van der Waals surface area contributed by atoms with Crippen molar-refractivity contribution >= 4 is 5.78 Å². The maximum Gasteiger partial charge on any atom is 0.166 e. The number of carbonyl (C=O) groups is 1. The molecule has 0 unspecified atom stereocenters. The molecule has 2 aromatic carbocycles. The summed E-state index contributed by atoms with van der Waals surface area (Å²) in [4.78, 5) is 16.6. The number of rotatable bonds is 14. The second-order valence-electron chi connectivity index (χ2n) is 15.9. The largest absolute Gasteiger partial charge is 0.393 e. The molecule has 0 aromatic heterocycles. The molecule has 4 aliphatic rings. The van der Waals surface area contributed by atoms with Crippen molar-refractivity contribution in [1.82, 2.24) is 4.90 Å². The van der Waals surface area contributed by atoms with Gasteiger partial charge in [-0.05, 0) is 99.8 Å². The molecular formula is C43H63NO6. The molecule has 0 spiro atoms. The molecule has 0 aliphatic heterocycles. The van der Waals surface area contributed by atoms with E-state index in [4.69, 9.17) is 9.47 Å². The van der Waals surface area contributed by atoms with Gasteiger partial charge in [0.15, 0.2) is 5.78 Å². The van der Waals surface area contributed by atoms with E-state index in [1.807, 2.05) is 30.3 Å². The van der Waals surface area contributed by atoms with Gasteiger partial charge < -0.3 is 24.8 Å². The molecule has 7 nitrogen and oxygen atoms in total. The third-order valence-corrected chi connectivity index (χ3v) is 12.1. The fraction of sp³-hybridized carbons (Fsp3) is 0.651. The Hall–Kier alpha value is -2.39. The van der Waals surface area contributed by atoms with Gasteiger partial charge in [0.25, 0.3) is 0 Å². The highest BCUT2D eigenvalue weighted by Gasteiger charge is 2.57. The van der Waals surface area contributed by atoms with Crippen LogP contribution in [-0.4, -0.2) is 83.8 Å². The SMILES string of the molecule is COCCCN(C[C@@H](O)COCc1ccccc1)C[C@]1(O)CC[C@H]2c3ccc(cc3C(=O)C3CCCCC3)C[C@@H](O)CCC(C)=CCC[C@@]21C. The molecule has 276 valence electrons. The highest BCUT2D eigenvalue weighted by Crippen LogP contribution is 2.59. The lowest BCUT2D eigenvalue weighted by Crippen LogP contribution is -2.54. The van der Waals surface area contributed by atoms with Gasteiger partial charge in [-0.1, -0.05) is 80.3 Å². The van der Waals surface area contributed by atoms with Crippen molar-refractivity contribution in [2.24, 2.45) is 11.3 Å². The quantitative estimate of drug-likeness (QED) is 0.108. The van der Waals surface area contributed by atoms with E-state index in [2.05, 4.69) is 43.0 Å².